The van der Waals surface area contributed by atoms with Crippen molar-refractivity contribution in [1.29, 1.82) is 0 Å². The van der Waals surface area contributed by atoms with E-state index in [0.717, 1.165) is 17.8 Å². The third kappa shape index (κ3) is 3.91. The molecule has 0 N–H and O–H groups in total. The second-order valence-corrected chi connectivity index (χ2v) is 8.31. The summed E-state index contributed by atoms with van der Waals surface area (Å²) >= 11 is 0.931. The van der Waals surface area contributed by atoms with Crippen molar-refractivity contribution in [2.45, 2.75) is 42.7 Å². The van der Waals surface area contributed by atoms with Gasteiger partial charge in [-0.25, -0.2) is 13.2 Å². The Morgan fingerprint density at radius 3 is 2.33 bits per heavy atom. The normalized spacial score (nSPS) is 13.0. The van der Waals surface area contributed by atoms with E-state index < -0.39 is 15.1 Å². The van der Waals surface area contributed by atoms with E-state index in [1.54, 1.807) is 21.1 Å². The minimum atomic E-state index is -3.48. The molecule has 2 amide bonds. The van der Waals surface area contributed by atoms with Crippen LogP contribution in [0.25, 0.3) is 0 Å². The molecular formula is C12H22N4O3S2. The van der Waals surface area contributed by atoms with Gasteiger partial charge in [0.05, 0.1) is 5.25 Å². The first-order chi connectivity index (χ1) is 9.75. The van der Waals surface area contributed by atoms with Gasteiger partial charge in [-0.2, -0.15) is 0 Å². The summed E-state index contributed by atoms with van der Waals surface area (Å²) in [6, 6.07) is -0.282. The Balaban J connectivity index is 3.05. The van der Waals surface area contributed by atoms with Gasteiger partial charge in [0.2, 0.25) is 19.3 Å². The molecular weight excluding hydrogens is 312 g/mol. The second kappa shape index (κ2) is 7.17. The van der Waals surface area contributed by atoms with Crippen LogP contribution in [0, 0.1) is 0 Å². The van der Waals surface area contributed by atoms with Crippen molar-refractivity contribution in [2.75, 3.05) is 26.0 Å². The topological polar surface area (TPSA) is 83.5 Å². The van der Waals surface area contributed by atoms with Gasteiger partial charge in [-0.15, -0.1) is 10.2 Å². The quantitative estimate of drug-likeness (QED) is 0.743. The fourth-order valence-corrected chi connectivity index (χ4v) is 4.93. The summed E-state index contributed by atoms with van der Waals surface area (Å²) in [7, 11) is 1.30. The van der Waals surface area contributed by atoms with Crippen LogP contribution in [0.4, 0.5) is 9.93 Å². The zero-order valence-electron chi connectivity index (χ0n) is 13.0. The number of amides is 2. The lowest BCUT2D eigenvalue weighted by Gasteiger charge is -2.18. The summed E-state index contributed by atoms with van der Waals surface area (Å²) < 4.78 is 25.0. The van der Waals surface area contributed by atoms with E-state index in [-0.39, 0.29) is 15.5 Å². The van der Waals surface area contributed by atoms with E-state index in [2.05, 4.69) is 10.2 Å². The monoisotopic (exact) mass is 334 g/mol. The Bertz CT molecular complexity index is 583. The Morgan fingerprint density at radius 1 is 1.24 bits per heavy atom. The maximum Gasteiger partial charge on any atom is 0.325 e. The van der Waals surface area contributed by atoms with Crippen molar-refractivity contribution in [3.8, 4) is 0 Å². The summed E-state index contributed by atoms with van der Waals surface area (Å²) in [4.78, 5) is 14.5. The van der Waals surface area contributed by atoms with Gasteiger partial charge in [-0.05, 0) is 12.8 Å². The molecule has 1 atom stereocenters. The molecule has 7 nitrogen and oxygen atoms in total. The van der Waals surface area contributed by atoms with Gasteiger partial charge in [0, 0.05) is 21.1 Å². The first kappa shape index (κ1) is 17.8. The van der Waals surface area contributed by atoms with Gasteiger partial charge in [0.1, 0.15) is 0 Å². The molecule has 0 aliphatic heterocycles. The lowest BCUT2D eigenvalue weighted by Crippen LogP contribution is -2.36. The third-order valence-corrected chi connectivity index (χ3v) is 6.86. The fraction of sp³-hybridized carbons (Fsp3) is 0.750. The summed E-state index contributed by atoms with van der Waals surface area (Å²) in [6.07, 6.45) is 1.93. The fourth-order valence-electron chi connectivity index (χ4n) is 1.88. The van der Waals surface area contributed by atoms with Crippen LogP contribution in [0.5, 0.6) is 0 Å². The Labute approximate surface area is 129 Å². The minimum Gasteiger partial charge on any atom is -0.330 e. The van der Waals surface area contributed by atoms with Gasteiger partial charge in [0.25, 0.3) is 0 Å². The number of hydrogen-bond donors (Lipinski definition) is 0. The molecule has 0 aliphatic carbocycles. The highest BCUT2D eigenvalue weighted by atomic mass is 32.2. The molecule has 1 unspecified atom stereocenters. The summed E-state index contributed by atoms with van der Waals surface area (Å²) in [6.45, 7) is 3.80. The van der Waals surface area contributed by atoms with Crippen molar-refractivity contribution >= 4 is 32.3 Å². The zero-order chi connectivity index (χ0) is 16.2. The Morgan fingerprint density at radius 2 is 1.86 bits per heavy atom. The highest BCUT2D eigenvalue weighted by Gasteiger charge is 2.30. The molecule has 0 spiro atoms. The molecule has 21 heavy (non-hydrogen) atoms. The highest BCUT2D eigenvalue weighted by Crippen LogP contribution is 2.28. The molecule has 1 rings (SSSR count). The van der Waals surface area contributed by atoms with E-state index in [1.807, 2.05) is 13.8 Å². The number of hydrogen-bond acceptors (Lipinski definition) is 6. The van der Waals surface area contributed by atoms with Gasteiger partial charge < -0.3 is 4.90 Å². The molecule has 120 valence electrons. The van der Waals surface area contributed by atoms with E-state index in [0.29, 0.717) is 12.8 Å². The average molecular weight is 334 g/mol. The predicted octanol–water partition coefficient (Wildman–Crippen LogP) is 2.01. The van der Waals surface area contributed by atoms with Gasteiger partial charge in [-0.1, -0.05) is 31.6 Å². The van der Waals surface area contributed by atoms with Crippen LogP contribution < -0.4 is 4.90 Å². The molecule has 0 bridgehead atoms. The minimum absolute atomic E-state index is 0.0174. The van der Waals surface area contributed by atoms with E-state index in [4.69, 9.17) is 0 Å². The number of aromatic nitrogens is 2. The average Bonchev–Trinajstić information content (AvgIpc) is 2.93. The van der Waals surface area contributed by atoms with Crippen LogP contribution in [0.1, 0.15) is 33.1 Å². The summed E-state index contributed by atoms with van der Waals surface area (Å²) in [5, 5.41) is 7.43. The molecule has 0 aromatic carbocycles. The maximum atomic E-state index is 12.5. The van der Waals surface area contributed by atoms with E-state index in [9.17, 15) is 13.2 Å². The first-order valence-corrected chi connectivity index (χ1v) is 9.14. The number of urea groups is 1. The molecule has 1 aromatic heterocycles. The molecule has 9 heteroatoms. The van der Waals surface area contributed by atoms with Gasteiger partial charge >= 0.3 is 6.03 Å². The Hall–Kier alpha value is -1.22. The lowest BCUT2D eigenvalue weighted by atomic mass is 10.2. The van der Waals surface area contributed by atoms with E-state index >= 15 is 0 Å². The zero-order valence-corrected chi connectivity index (χ0v) is 14.7. The molecule has 1 aromatic rings. The van der Waals surface area contributed by atoms with Crippen LogP contribution in [0.3, 0.4) is 0 Å². The highest BCUT2D eigenvalue weighted by molar-refractivity contribution is 7.94. The number of anilines is 1. The standard InChI is InChI=1S/C12H22N4O3S2/c1-6-8-9(7-2)21(18,19)11-14-13-10(20-11)16(5)12(17)15(3)4/h9H,6-8H2,1-5H3. The van der Waals surface area contributed by atoms with Crippen LogP contribution >= 0.6 is 11.3 Å². The van der Waals surface area contributed by atoms with Gasteiger partial charge in [0.15, 0.2) is 0 Å². The first-order valence-electron chi connectivity index (χ1n) is 6.78. The number of rotatable bonds is 6. The maximum absolute atomic E-state index is 12.5. The van der Waals surface area contributed by atoms with Crippen LogP contribution in [0.2, 0.25) is 0 Å². The molecule has 0 saturated carbocycles. The largest absolute Gasteiger partial charge is 0.330 e. The molecule has 0 fully saturated rings. The molecule has 0 saturated heterocycles. The number of carbonyl (C=O) groups is 1. The van der Waals surface area contributed by atoms with E-state index in [1.165, 1.54) is 9.80 Å². The smallest absolute Gasteiger partial charge is 0.325 e. The SMILES string of the molecule is CCCC(CC)S(=O)(=O)c1nnc(N(C)C(=O)N(C)C)s1. The number of nitrogens with zero attached hydrogens (tertiary/aromatic N) is 4. The molecule has 0 aliphatic rings. The van der Waals surface area contributed by atoms with Crippen molar-refractivity contribution < 1.29 is 13.2 Å². The van der Waals surface area contributed by atoms with Crippen molar-refractivity contribution in [3.63, 3.8) is 0 Å². The van der Waals surface area contributed by atoms with Crippen LogP contribution in [-0.2, 0) is 9.84 Å². The number of sulfone groups is 1. The second-order valence-electron chi connectivity index (χ2n) is 4.95. The third-order valence-electron chi connectivity index (χ3n) is 3.10. The summed E-state index contributed by atoms with van der Waals surface area (Å²) in [5.74, 6) is 0. The van der Waals surface area contributed by atoms with Crippen LogP contribution in [0.15, 0.2) is 4.34 Å². The number of carbonyl (C=O) groups excluding carboxylic acids is 1. The Kier molecular flexibility index (Phi) is 6.09. The van der Waals surface area contributed by atoms with Crippen molar-refractivity contribution in [1.82, 2.24) is 15.1 Å². The molecule has 1 heterocycles. The summed E-state index contributed by atoms with van der Waals surface area (Å²) in [5.41, 5.74) is 0. The molecule has 0 radical (unpaired) electrons. The van der Waals surface area contributed by atoms with Crippen molar-refractivity contribution in [3.05, 3.63) is 0 Å². The lowest BCUT2D eigenvalue weighted by molar-refractivity contribution is 0.225. The predicted molar refractivity (Wildman–Crippen MR) is 83.6 cm³/mol. The van der Waals surface area contributed by atoms with Gasteiger partial charge in [-0.3, -0.25) is 4.90 Å². The van der Waals surface area contributed by atoms with Crippen LogP contribution in [-0.4, -0.2) is 55.9 Å². The van der Waals surface area contributed by atoms with Crippen molar-refractivity contribution in [2.24, 2.45) is 0 Å².